The number of benzene rings is 1. The lowest BCUT2D eigenvalue weighted by molar-refractivity contribution is 0.0988. The van der Waals surface area contributed by atoms with Crippen molar-refractivity contribution in [1.29, 1.82) is 0 Å². The Kier molecular flexibility index (Phi) is 5.32. The topological polar surface area (TPSA) is 37.4 Å². The quantitative estimate of drug-likeness (QED) is 0.420. The van der Waals surface area contributed by atoms with Gasteiger partial charge in [-0.05, 0) is 30.1 Å². The molecule has 25 heavy (non-hydrogen) atoms. The summed E-state index contributed by atoms with van der Waals surface area (Å²) in [6.45, 7) is 5.49. The van der Waals surface area contributed by atoms with Crippen LogP contribution in [0.25, 0.3) is 0 Å². The number of unbranched alkanes of at least 4 members (excludes halogenated alkanes) is 2. The van der Waals surface area contributed by atoms with E-state index in [-0.39, 0.29) is 11.6 Å². The number of Topliss-reactive ketones (excluding diaryl/α,β-unsaturated/α-hetero) is 2. The highest BCUT2D eigenvalue weighted by Crippen LogP contribution is 2.30. The molecule has 0 atom stereocenters. The summed E-state index contributed by atoms with van der Waals surface area (Å²) in [4.78, 5) is 27.2. The van der Waals surface area contributed by atoms with Crippen LogP contribution in [0.4, 0.5) is 0 Å². The number of allylic oxidation sites excluding steroid dienone is 4. The van der Waals surface area contributed by atoms with E-state index >= 15 is 0 Å². The van der Waals surface area contributed by atoms with Crippen molar-refractivity contribution in [3.8, 4) is 0 Å². The van der Waals surface area contributed by atoms with Crippen LogP contribution in [-0.4, -0.2) is 23.0 Å². The van der Waals surface area contributed by atoms with Crippen molar-refractivity contribution >= 4 is 11.6 Å². The molecule has 0 bridgehead atoms. The van der Waals surface area contributed by atoms with Crippen molar-refractivity contribution in [2.24, 2.45) is 5.92 Å². The minimum Gasteiger partial charge on any atom is -0.354 e. The number of hydrogen-bond donors (Lipinski definition) is 0. The fraction of sp³-hybridized carbons (Fsp3) is 0.364. The van der Waals surface area contributed by atoms with Crippen LogP contribution in [0.15, 0.2) is 60.0 Å². The summed E-state index contributed by atoms with van der Waals surface area (Å²) in [5, 5.41) is 0. The first-order valence-corrected chi connectivity index (χ1v) is 9.13. The van der Waals surface area contributed by atoms with Crippen LogP contribution < -0.4 is 0 Å². The molecular formula is C22H25NO2. The van der Waals surface area contributed by atoms with Crippen molar-refractivity contribution in [2.75, 3.05) is 6.54 Å². The molecule has 0 N–H and O–H groups in total. The number of nitrogens with zero attached hydrogens (tertiary/aromatic N) is 1. The predicted octanol–water partition coefficient (Wildman–Crippen LogP) is 4.92. The minimum absolute atomic E-state index is 0.160. The summed E-state index contributed by atoms with van der Waals surface area (Å²) in [5.74, 6) is 0.452. The molecule has 0 saturated carbocycles. The molecule has 0 unspecified atom stereocenters. The number of ketones is 2. The Morgan fingerprint density at radius 3 is 2.04 bits per heavy atom. The van der Waals surface area contributed by atoms with E-state index in [1.54, 1.807) is 24.3 Å². The van der Waals surface area contributed by atoms with E-state index in [1.807, 2.05) is 24.6 Å². The van der Waals surface area contributed by atoms with Gasteiger partial charge in [-0.2, -0.15) is 0 Å². The van der Waals surface area contributed by atoms with Gasteiger partial charge < -0.3 is 4.90 Å². The number of rotatable bonds is 6. The molecule has 130 valence electrons. The zero-order valence-corrected chi connectivity index (χ0v) is 15.0. The Morgan fingerprint density at radius 2 is 1.48 bits per heavy atom. The standard InChI is InChI=1S/C22H25NO2/c1-16(2)8-4-3-7-13-23-14-11-17(12-15-23)20-21(24)18-9-5-6-10-19(18)22(20)25/h5-6,9-12,14-16H,3-4,7-8,13H2,1-2H3. The van der Waals surface area contributed by atoms with E-state index in [0.29, 0.717) is 22.3 Å². The maximum atomic E-state index is 12.5. The molecule has 1 aromatic carbocycles. The molecule has 3 nitrogen and oxygen atoms in total. The van der Waals surface area contributed by atoms with Crippen molar-refractivity contribution in [2.45, 2.75) is 39.5 Å². The predicted molar refractivity (Wildman–Crippen MR) is 100 cm³/mol. The zero-order chi connectivity index (χ0) is 17.8. The third-order valence-electron chi connectivity index (χ3n) is 4.75. The number of carbonyl (C=O) groups excluding carboxylic acids is 2. The second-order valence-electron chi connectivity index (χ2n) is 7.15. The van der Waals surface area contributed by atoms with Crippen LogP contribution in [0.3, 0.4) is 0 Å². The van der Waals surface area contributed by atoms with E-state index in [9.17, 15) is 9.59 Å². The number of carbonyl (C=O) groups is 2. The van der Waals surface area contributed by atoms with E-state index in [4.69, 9.17) is 0 Å². The van der Waals surface area contributed by atoms with Crippen LogP contribution in [0.1, 0.15) is 60.2 Å². The normalized spacial score (nSPS) is 16.4. The van der Waals surface area contributed by atoms with Gasteiger partial charge >= 0.3 is 0 Å². The Morgan fingerprint density at radius 1 is 0.880 bits per heavy atom. The Balaban J connectivity index is 1.62. The second-order valence-corrected chi connectivity index (χ2v) is 7.15. The summed E-state index contributed by atoms with van der Waals surface area (Å²) in [5.41, 5.74) is 2.04. The molecule has 1 aliphatic carbocycles. The van der Waals surface area contributed by atoms with Gasteiger partial charge in [-0.25, -0.2) is 0 Å². The smallest absolute Gasteiger partial charge is 0.198 e. The fourth-order valence-corrected chi connectivity index (χ4v) is 3.31. The molecule has 1 aromatic rings. The van der Waals surface area contributed by atoms with Crippen LogP contribution >= 0.6 is 0 Å². The average molecular weight is 335 g/mol. The SMILES string of the molecule is CC(C)CCCCCN1C=CC(=C2C(=O)c3ccccc3C2=O)C=C1. The molecule has 0 spiro atoms. The maximum Gasteiger partial charge on any atom is 0.198 e. The van der Waals surface area contributed by atoms with Crippen molar-refractivity contribution in [1.82, 2.24) is 4.90 Å². The van der Waals surface area contributed by atoms with Gasteiger partial charge in [-0.1, -0.05) is 57.4 Å². The molecule has 0 fully saturated rings. The third-order valence-corrected chi connectivity index (χ3v) is 4.75. The largest absolute Gasteiger partial charge is 0.354 e. The van der Waals surface area contributed by atoms with Crippen molar-refractivity contribution < 1.29 is 9.59 Å². The monoisotopic (exact) mass is 335 g/mol. The van der Waals surface area contributed by atoms with Gasteiger partial charge in [-0.3, -0.25) is 9.59 Å². The molecule has 1 heterocycles. The van der Waals surface area contributed by atoms with Gasteiger partial charge in [0.2, 0.25) is 0 Å². The van der Waals surface area contributed by atoms with Crippen LogP contribution in [-0.2, 0) is 0 Å². The Hall–Kier alpha value is -2.42. The van der Waals surface area contributed by atoms with E-state index in [0.717, 1.165) is 18.9 Å². The van der Waals surface area contributed by atoms with E-state index in [1.165, 1.54) is 19.3 Å². The molecule has 0 radical (unpaired) electrons. The van der Waals surface area contributed by atoms with E-state index in [2.05, 4.69) is 18.7 Å². The summed E-state index contributed by atoms with van der Waals surface area (Å²) >= 11 is 0. The first-order valence-electron chi connectivity index (χ1n) is 9.13. The average Bonchev–Trinajstić information content (AvgIpc) is 2.87. The molecule has 0 aromatic heterocycles. The molecule has 0 amide bonds. The van der Waals surface area contributed by atoms with Crippen LogP contribution in [0.2, 0.25) is 0 Å². The zero-order valence-electron chi connectivity index (χ0n) is 15.0. The summed E-state index contributed by atoms with van der Waals surface area (Å²) in [6.07, 6.45) is 12.6. The second kappa shape index (κ2) is 7.64. The van der Waals surface area contributed by atoms with E-state index < -0.39 is 0 Å². The van der Waals surface area contributed by atoms with Gasteiger partial charge in [0.15, 0.2) is 11.6 Å². The first kappa shape index (κ1) is 17.4. The molecule has 1 aliphatic heterocycles. The van der Waals surface area contributed by atoms with Gasteiger partial charge in [0.1, 0.15) is 0 Å². The lowest BCUT2D eigenvalue weighted by atomic mass is 10.0. The minimum atomic E-state index is -0.160. The molecule has 0 saturated heterocycles. The van der Waals surface area contributed by atoms with Crippen LogP contribution in [0.5, 0.6) is 0 Å². The van der Waals surface area contributed by atoms with Crippen molar-refractivity contribution in [3.63, 3.8) is 0 Å². The van der Waals surface area contributed by atoms with Crippen molar-refractivity contribution in [3.05, 3.63) is 71.1 Å². The maximum absolute atomic E-state index is 12.5. The summed E-state index contributed by atoms with van der Waals surface area (Å²) in [6, 6.07) is 7.04. The molecular weight excluding hydrogens is 310 g/mol. The third kappa shape index (κ3) is 3.81. The fourth-order valence-electron chi connectivity index (χ4n) is 3.31. The lowest BCUT2D eigenvalue weighted by Crippen LogP contribution is -2.15. The molecule has 2 aliphatic rings. The summed E-state index contributed by atoms with van der Waals surface area (Å²) < 4.78 is 0. The van der Waals surface area contributed by atoms with Gasteiger partial charge in [-0.15, -0.1) is 0 Å². The molecule has 3 heteroatoms. The summed E-state index contributed by atoms with van der Waals surface area (Å²) in [7, 11) is 0. The van der Waals surface area contributed by atoms with Gasteiger partial charge in [0.05, 0.1) is 5.57 Å². The Labute approximate surface area is 149 Å². The number of hydrogen-bond acceptors (Lipinski definition) is 3. The highest BCUT2D eigenvalue weighted by molar-refractivity contribution is 6.40. The number of fused-ring (bicyclic) bond motifs is 1. The molecule has 3 rings (SSSR count). The van der Waals surface area contributed by atoms with Gasteiger partial charge in [0, 0.05) is 30.1 Å². The highest BCUT2D eigenvalue weighted by Gasteiger charge is 2.34. The van der Waals surface area contributed by atoms with Gasteiger partial charge in [0.25, 0.3) is 0 Å². The Bertz CT molecular complexity index is 715. The highest BCUT2D eigenvalue weighted by atomic mass is 16.2. The lowest BCUT2D eigenvalue weighted by Gasteiger charge is -2.19. The van der Waals surface area contributed by atoms with Crippen LogP contribution in [0, 0.1) is 5.92 Å². The first-order chi connectivity index (χ1) is 12.1.